The Kier molecular flexibility index (Phi) is 5.69. The highest BCUT2D eigenvalue weighted by molar-refractivity contribution is 5.79. The Labute approximate surface area is 173 Å². The summed E-state index contributed by atoms with van der Waals surface area (Å²) in [6, 6.07) is 3.11. The molecule has 6 nitrogen and oxygen atoms in total. The Balaban J connectivity index is 1.56. The van der Waals surface area contributed by atoms with Crippen molar-refractivity contribution in [2.75, 3.05) is 13.1 Å². The zero-order valence-corrected chi connectivity index (χ0v) is 17.3. The number of aromatic nitrogens is 2. The topological polar surface area (TPSA) is 69.3 Å². The first-order valence-electron chi connectivity index (χ1n) is 10.4. The molecule has 30 heavy (non-hydrogen) atoms. The van der Waals surface area contributed by atoms with E-state index in [1.165, 1.54) is 0 Å². The van der Waals surface area contributed by atoms with Gasteiger partial charge in [-0.05, 0) is 44.9 Å². The number of nitrogens with zero attached hydrogens (tertiary/aromatic N) is 3. The SMILES string of the molecule is CC(C)N1CCc2nc([C@H]3CCCN3C(=O)Cc3cc(F)ccc3F)[nH]c(=O)c2C1. The highest BCUT2D eigenvalue weighted by atomic mass is 19.1. The Hall–Kier alpha value is -2.61. The number of aromatic amines is 1. The number of nitrogens with one attached hydrogen (secondary N) is 1. The second-order valence-electron chi connectivity index (χ2n) is 8.35. The highest BCUT2D eigenvalue weighted by Gasteiger charge is 2.33. The summed E-state index contributed by atoms with van der Waals surface area (Å²) in [4.78, 5) is 37.1. The molecule has 1 atom stereocenters. The minimum atomic E-state index is -0.601. The molecule has 3 heterocycles. The molecule has 1 saturated heterocycles. The number of rotatable bonds is 4. The lowest BCUT2D eigenvalue weighted by Gasteiger charge is -2.31. The number of likely N-dealkylation sites (tertiary alicyclic amines) is 1. The van der Waals surface area contributed by atoms with Gasteiger partial charge in [-0.25, -0.2) is 13.8 Å². The van der Waals surface area contributed by atoms with E-state index in [1.54, 1.807) is 4.90 Å². The van der Waals surface area contributed by atoms with Crippen LogP contribution in [-0.4, -0.2) is 44.8 Å². The molecule has 0 spiro atoms. The molecule has 0 aliphatic carbocycles. The minimum Gasteiger partial charge on any atom is -0.332 e. The van der Waals surface area contributed by atoms with Gasteiger partial charge >= 0.3 is 0 Å². The van der Waals surface area contributed by atoms with E-state index in [1.807, 2.05) is 0 Å². The summed E-state index contributed by atoms with van der Waals surface area (Å²) in [5.41, 5.74) is 1.36. The predicted octanol–water partition coefficient (Wildman–Crippen LogP) is 2.72. The Morgan fingerprint density at radius 1 is 1.30 bits per heavy atom. The number of carbonyl (C=O) groups is 1. The molecule has 1 aromatic heterocycles. The first-order chi connectivity index (χ1) is 14.3. The summed E-state index contributed by atoms with van der Waals surface area (Å²) >= 11 is 0. The molecule has 8 heteroatoms. The normalized spacial score (nSPS) is 19.4. The smallest absolute Gasteiger partial charge is 0.255 e. The van der Waals surface area contributed by atoms with Gasteiger partial charge in [-0.3, -0.25) is 14.5 Å². The van der Waals surface area contributed by atoms with Crippen molar-refractivity contribution in [3.05, 3.63) is 62.8 Å². The fourth-order valence-electron chi connectivity index (χ4n) is 4.36. The van der Waals surface area contributed by atoms with Crippen LogP contribution < -0.4 is 5.56 Å². The van der Waals surface area contributed by atoms with Crippen LogP contribution in [0.1, 0.15) is 55.4 Å². The summed E-state index contributed by atoms with van der Waals surface area (Å²) in [6.07, 6.45) is 1.92. The summed E-state index contributed by atoms with van der Waals surface area (Å²) in [7, 11) is 0. The van der Waals surface area contributed by atoms with Crippen LogP contribution in [0.15, 0.2) is 23.0 Å². The van der Waals surface area contributed by atoms with E-state index < -0.39 is 11.6 Å². The second-order valence-corrected chi connectivity index (χ2v) is 8.35. The number of hydrogen-bond donors (Lipinski definition) is 1. The van der Waals surface area contributed by atoms with Gasteiger partial charge in [0.2, 0.25) is 5.91 Å². The van der Waals surface area contributed by atoms with Gasteiger partial charge in [0.15, 0.2) is 0 Å². The Morgan fingerprint density at radius 2 is 2.10 bits per heavy atom. The van der Waals surface area contributed by atoms with E-state index in [0.717, 1.165) is 36.9 Å². The van der Waals surface area contributed by atoms with Crippen molar-refractivity contribution in [3.8, 4) is 0 Å². The van der Waals surface area contributed by atoms with E-state index in [2.05, 4.69) is 23.7 Å². The van der Waals surface area contributed by atoms with Crippen molar-refractivity contribution in [2.45, 2.75) is 58.2 Å². The molecule has 1 amide bonds. The maximum absolute atomic E-state index is 14.0. The maximum atomic E-state index is 14.0. The third-order valence-electron chi connectivity index (χ3n) is 6.08. The minimum absolute atomic E-state index is 0.0336. The van der Waals surface area contributed by atoms with Crippen molar-refractivity contribution >= 4 is 5.91 Å². The van der Waals surface area contributed by atoms with Crippen LogP contribution in [-0.2, 0) is 24.2 Å². The highest BCUT2D eigenvalue weighted by Crippen LogP contribution is 2.31. The van der Waals surface area contributed by atoms with Gasteiger partial charge < -0.3 is 9.88 Å². The molecule has 0 unspecified atom stereocenters. The standard InChI is InChI=1S/C22H26F2N4O2/c1-13(2)27-9-7-18-16(12-27)22(30)26-21(25-18)19-4-3-8-28(19)20(29)11-14-10-15(23)5-6-17(14)24/h5-6,10,13,19H,3-4,7-9,11-12H2,1-2H3,(H,25,26,30)/t19-/m1/s1. The van der Waals surface area contributed by atoms with Crippen molar-refractivity contribution in [1.29, 1.82) is 0 Å². The molecule has 1 aromatic carbocycles. The van der Waals surface area contributed by atoms with Crippen molar-refractivity contribution in [3.63, 3.8) is 0 Å². The summed E-state index contributed by atoms with van der Waals surface area (Å²) in [5.74, 6) is -0.987. The first kappa shape index (κ1) is 20.7. The van der Waals surface area contributed by atoms with E-state index in [9.17, 15) is 18.4 Å². The third kappa shape index (κ3) is 4.01. The van der Waals surface area contributed by atoms with Gasteiger partial charge in [0.25, 0.3) is 5.56 Å². The van der Waals surface area contributed by atoms with Crippen LogP contribution in [0.4, 0.5) is 8.78 Å². The third-order valence-corrected chi connectivity index (χ3v) is 6.08. The van der Waals surface area contributed by atoms with Gasteiger partial charge in [-0.15, -0.1) is 0 Å². The number of halogens is 2. The first-order valence-corrected chi connectivity index (χ1v) is 10.4. The number of fused-ring (bicyclic) bond motifs is 1. The van der Waals surface area contributed by atoms with Crippen LogP contribution in [0.3, 0.4) is 0 Å². The molecule has 4 rings (SSSR count). The Morgan fingerprint density at radius 3 is 2.87 bits per heavy atom. The number of hydrogen-bond acceptors (Lipinski definition) is 4. The maximum Gasteiger partial charge on any atom is 0.255 e. The lowest BCUT2D eigenvalue weighted by Crippen LogP contribution is -2.40. The van der Waals surface area contributed by atoms with E-state index in [0.29, 0.717) is 43.4 Å². The average molecular weight is 416 g/mol. The summed E-state index contributed by atoms with van der Waals surface area (Å²) in [5, 5.41) is 0. The molecule has 2 aliphatic rings. The van der Waals surface area contributed by atoms with Crippen LogP contribution in [0, 0.1) is 11.6 Å². The molecular weight excluding hydrogens is 390 g/mol. The molecule has 0 saturated carbocycles. The lowest BCUT2D eigenvalue weighted by molar-refractivity contribution is -0.131. The number of carbonyl (C=O) groups excluding carboxylic acids is 1. The zero-order chi connectivity index (χ0) is 21.4. The molecule has 2 aliphatic heterocycles. The van der Waals surface area contributed by atoms with Crippen LogP contribution in [0.25, 0.3) is 0 Å². The number of H-pyrrole nitrogens is 1. The van der Waals surface area contributed by atoms with Gasteiger partial charge in [0.1, 0.15) is 17.5 Å². The number of amides is 1. The van der Waals surface area contributed by atoms with Crippen LogP contribution >= 0.6 is 0 Å². The molecule has 0 radical (unpaired) electrons. The molecular formula is C22H26F2N4O2. The number of benzene rings is 1. The average Bonchev–Trinajstić information content (AvgIpc) is 3.20. The van der Waals surface area contributed by atoms with Crippen LogP contribution in [0.2, 0.25) is 0 Å². The fourth-order valence-corrected chi connectivity index (χ4v) is 4.36. The zero-order valence-electron chi connectivity index (χ0n) is 17.3. The molecule has 1 fully saturated rings. The van der Waals surface area contributed by atoms with Crippen molar-refractivity contribution in [2.24, 2.45) is 0 Å². The second kappa shape index (κ2) is 8.26. The van der Waals surface area contributed by atoms with Gasteiger partial charge in [0.05, 0.1) is 23.7 Å². The lowest BCUT2D eigenvalue weighted by atomic mass is 10.0. The van der Waals surface area contributed by atoms with E-state index in [-0.39, 0.29) is 29.5 Å². The van der Waals surface area contributed by atoms with Crippen molar-refractivity contribution < 1.29 is 13.6 Å². The monoisotopic (exact) mass is 416 g/mol. The molecule has 2 aromatic rings. The van der Waals surface area contributed by atoms with E-state index >= 15 is 0 Å². The quantitative estimate of drug-likeness (QED) is 0.832. The molecule has 0 bridgehead atoms. The van der Waals surface area contributed by atoms with E-state index in [4.69, 9.17) is 4.98 Å². The van der Waals surface area contributed by atoms with Gasteiger partial charge in [0, 0.05) is 37.7 Å². The summed E-state index contributed by atoms with van der Waals surface area (Å²) < 4.78 is 27.4. The van der Waals surface area contributed by atoms with Crippen LogP contribution in [0.5, 0.6) is 0 Å². The fraction of sp³-hybridized carbons (Fsp3) is 0.500. The molecule has 160 valence electrons. The van der Waals surface area contributed by atoms with Crippen molar-refractivity contribution in [1.82, 2.24) is 19.8 Å². The van der Waals surface area contributed by atoms with Gasteiger partial charge in [-0.2, -0.15) is 0 Å². The largest absolute Gasteiger partial charge is 0.332 e. The summed E-state index contributed by atoms with van der Waals surface area (Å²) in [6.45, 7) is 6.12. The van der Waals surface area contributed by atoms with Gasteiger partial charge in [-0.1, -0.05) is 0 Å². The Bertz CT molecular complexity index is 1020. The molecule has 1 N–H and O–H groups in total. The predicted molar refractivity (Wildman–Crippen MR) is 108 cm³/mol.